The van der Waals surface area contributed by atoms with Gasteiger partial charge in [0.2, 0.25) is 0 Å². The van der Waals surface area contributed by atoms with E-state index in [1.807, 2.05) is 0 Å². The van der Waals surface area contributed by atoms with Crippen LogP contribution in [0.4, 0.5) is 0 Å². The number of rotatable bonds is 3. The fraction of sp³-hybridized carbons (Fsp3) is 0.700. The second-order valence-electron chi connectivity index (χ2n) is 3.89. The average Bonchev–Trinajstić information content (AvgIpc) is 2.29. The van der Waals surface area contributed by atoms with E-state index in [0.29, 0.717) is 0 Å². The summed E-state index contributed by atoms with van der Waals surface area (Å²) in [5, 5.41) is 4.49. The van der Waals surface area contributed by atoms with Gasteiger partial charge in [-0.05, 0) is 48.8 Å². The molecule has 0 saturated heterocycles. The van der Waals surface area contributed by atoms with Crippen LogP contribution in [0.15, 0.2) is 0 Å². The highest BCUT2D eigenvalue weighted by atomic mass is 127. The lowest BCUT2D eigenvalue weighted by Gasteiger charge is -2.06. The maximum Gasteiger partial charge on any atom is 0.0729 e. The Hall–Kier alpha value is -0.0600. The molecule has 0 unspecified atom stereocenters. The highest BCUT2D eigenvalue weighted by molar-refractivity contribution is 14.1. The van der Waals surface area contributed by atoms with E-state index < -0.39 is 0 Å². The average molecular weight is 292 g/mol. The number of hydrogen-bond donors (Lipinski definition) is 0. The van der Waals surface area contributed by atoms with Gasteiger partial charge < -0.3 is 0 Å². The molecule has 0 spiro atoms. The number of nitrogens with zero attached hydrogens (tertiary/aromatic N) is 2. The van der Waals surface area contributed by atoms with E-state index in [1.165, 1.54) is 15.7 Å². The molecule has 0 aliphatic rings. The fourth-order valence-electron chi connectivity index (χ4n) is 1.27. The molecular weight excluding hydrogens is 275 g/mol. The minimum Gasteiger partial charge on any atom is -0.269 e. The Kier molecular flexibility index (Phi) is 3.76. The van der Waals surface area contributed by atoms with Gasteiger partial charge in [-0.2, -0.15) is 5.10 Å². The molecule has 0 radical (unpaired) electrons. The van der Waals surface area contributed by atoms with Crippen LogP contribution in [-0.2, 0) is 6.54 Å². The smallest absolute Gasteiger partial charge is 0.0729 e. The molecular formula is C10H17IN2. The summed E-state index contributed by atoms with van der Waals surface area (Å²) in [5.74, 6) is 0.751. The van der Waals surface area contributed by atoms with Gasteiger partial charge in [0.1, 0.15) is 0 Å². The lowest BCUT2D eigenvalue weighted by atomic mass is 10.1. The van der Waals surface area contributed by atoms with Gasteiger partial charge in [-0.15, -0.1) is 0 Å². The third kappa shape index (κ3) is 2.69. The molecule has 0 N–H and O–H groups in total. The molecule has 3 heteroatoms. The van der Waals surface area contributed by atoms with Crippen molar-refractivity contribution in [2.24, 2.45) is 5.92 Å². The van der Waals surface area contributed by atoms with Gasteiger partial charge in [-0.3, -0.25) is 4.68 Å². The summed E-state index contributed by atoms with van der Waals surface area (Å²) in [6.07, 6.45) is 1.21. The molecule has 0 atom stereocenters. The van der Waals surface area contributed by atoms with E-state index in [9.17, 15) is 0 Å². The molecule has 0 bridgehead atoms. The van der Waals surface area contributed by atoms with Crippen LogP contribution >= 0.6 is 22.6 Å². The normalized spacial score (nSPS) is 11.2. The van der Waals surface area contributed by atoms with Crippen LogP contribution in [0, 0.1) is 23.3 Å². The molecule has 0 aliphatic heterocycles. The first-order chi connectivity index (χ1) is 6.02. The van der Waals surface area contributed by atoms with E-state index in [2.05, 4.69) is 60.1 Å². The molecule has 13 heavy (non-hydrogen) atoms. The van der Waals surface area contributed by atoms with Crippen LogP contribution in [-0.4, -0.2) is 9.78 Å². The SMILES string of the molecule is Cc1nn(CCC(C)C)c(C)c1I. The summed E-state index contributed by atoms with van der Waals surface area (Å²) in [7, 11) is 0. The summed E-state index contributed by atoms with van der Waals surface area (Å²) >= 11 is 2.36. The Bertz CT molecular complexity index is 289. The topological polar surface area (TPSA) is 17.8 Å². The first-order valence-corrected chi connectivity index (χ1v) is 5.79. The second-order valence-corrected chi connectivity index (χ2v) is 4.97. The summed E-state index contributed by atoms with van der Waals surface area (Å²) in [6, 6.07) is 0. The largest absolute Gasteiger partial charge is 0.269 e. The van der Waals surface area contributed by atoms with Gasteiger partial charge in [0.05, 0.1) is 9.26 Å². The van der Waals surface area contributed by atoms with Gasteiger partial charge in [0.15, 0.2) is 0 Å². The van der Waals surface area contributed by atoms with Crippen LogP contribution in [0.1, 0.15) is 31.7 Å². The van der Waals surface area contributed by atoms with Gasteiger partial charge in [0, 0.05) is 12.2 Å². The summed E-state index contributed by atoms with van der Waals surface area (Å²) in [5.41, 5.74) is 2.46. The molecule has 0 amide bonds. The lowest BCUT2D eigenvalue weighted by molar-refractivity contribution is 0.479. The van der Waals surface area contributed by atoms with Crippen LogP contribution in [0.25, 0.3) is 0 Å². The molecule has 0 fully saturated rings. The van der Waals surface area contributed by atoms with Crippen molar-refractivity contribution >= 4 is 22.6 Å². The summed E-state index contributed by atoms with van der Waals surface area (Å²) in [4.78, 5) is 0. The van der Waals surface area contributed by atoms with Crippen molar-refractivity contribution < 1.29 is 0 Å². The second kappa shape index (κ2) is 4.44. The summed E-state index contributed by atoms with van der Waals surface area (Å²) < 4.78 is 3.43. The lowest BCUT2D eigenvalue weighted by Crippen LogP contribution is -2.05. The number of halogens is 1. The molecule has 1 rings (SSSR count). The first-order valence-electron chi connectivity index (χ1n) is 4.72. The number of aromatic nitrogens is 2. The van der Waals surface area contributed by atoms with E-state index >= 15 is 0 Å². The Morgan fingerprint density at radius 2 is 2.00 bits per heavy atom. The number of hydrogen-bond acceptors (Lipinski definition) is 1. The van der Waals surface area contributed by atoms with E-state index in [0.717, 1.165) is 18.2 Å². The van der Waals surface area contributed by atoms with Crippen molar-refractivity contribution in [3.05, 3.63) is 15.0 Å². The molecule has 1 aromatic heterocycles. The van der Waals surface area contributed by atoms with Gasteiger partial charge in [-0.25, -0.2) is 0 Å². The minimum absolute atomic E-state index is 0.751. The summed E-state index contributed by atoms with van der Waals surface area (Å²) in [6.45, 7) is 9.75. The van der Waals surface area contributed by atoms with E-state index in [4.69, 9.17) is 0 Å². The zero-order chi connectivity index (χ0) is 10.0. The zero-order valence-electron chi connectivity index (χ0n) is 8.76. The molecule has 74 valence electrons. The van der Waals surface area contributed by atoms with E-state index in [1.54, 1.807) is 0 Å². The predicted octanol–water partition coefficient (Wildman–Crippen LogP) is 3.15. The predicted molar refractivity (Wildman–Crippen MR) is 63.9 cm³/mol. The first kappa shape index (κ1) is 11.0. The van der Waals surface area contributed by atoms with Crippen LogP contribution in [0.5, 0.6) is 0 Å². The monoisotopic (exact) mass is 292 g/mol. The van der Waals surface area contributed by atoms with Crippen molar-refractivity contribution in [1.82, 2.24) is 9.78 Å². The zero-order valence-corrected chi connectivity index (χ0v) is 10.9. The Morgan fingerprint density at radius 3 is 2.38 bits per heavy atom. The molecule has 0 saturated carbocycles. The maximum atomic E-state index is 4.49. The van der Waals surface area contributed by atoms with Gasteiger partial charge in [-0.1, -0.05) is 13.8 Å². The van der Waals surface area contributed by atoms with Gasteiger partial charge >= 0.3 is 0 Å². The van der Waals surface area contributed by atoms with Crippen molar-refractivity contribution in [1.29, 1.82) is 0 Å². The van der Waals surface area contributed by atoms with Gasteiger partial charge in [0.25, 0.3) is 0 Å². The fourth-order valence-corrected chi connectivity index (χ4v) is 1.66. The minimum atomic E-state index is 0.751. The molecule has 0 aliphatic carbocycles. The van der Waals surface area contributed by atoms with E-state index in [-0.39, 0.29) is 0 Å². The molecule has 1 heterocycles. The highest BCUT2D eigenvalue weighted by Gasteiger charge is 2.08. The quantitative estimate of drug-likeness (QED) is 0.783. The Morgan fingerprint density at radius 1 is 1.38 bits per heavy atom. The standard InChI is InChI=1S/C10H17IN2/c1-7(2)5-6-13-9(4)10(11)8(3)12-13/h7H,5-6H2,1-4H3. The third-order valence-corrected chi connectivity index (χ3v) is 3.77. The van der Waals surface area contributed by atoms with Crippen LogP contribution < -0.4 is 0 Å². The highest BCUT2D eigenvalue weighted by Crippen LogP contribution is 2.16. The Labute approximate surface area is 93.9 Å². The van der Waals surface area contributed by atoms with Crippen molar-refractivity contribution in [2.45, 2.75) is 40.7 Å². The van der Waals surface area contributed by atoms with Crippen molar-refractivity contribution in [3.63, 3.8) is 0 Å². The molecule has 1 aromatic rings. The van der Waals surface area contributed by atoms with Crippen molar-refractivity contribution in [3.8, 4) is 0 Å². The Balaban J connectivity index is 2.72. The maximum absolute atomic E-state index is 4.49. The molecule has 2 nitrogen and oxygen atoms in total. The number of aryl methyl sites for hydroxylation is 2. The third-order valence-electron chi connectivity index (χ3n) is 2.21. The molecule has 0 aromatic carbocycles. The van der Waals surface area contributed by atoms with Crippen LogP contribution in [0.3, 0.4) is 0 Å². The van der Waals surface area contributed by atoms with Crippen LogP contribution in [0.2, 0.25) is 0 Å². The van der Waals surface area contributed by atoms with Crippen molar-refractivity contribution in [2.75, 3.05) is 0 Å².